The first-order valence-electron chi connectivity index (χ1n) is 9.66. The van der Waals surface area contributed by atoms with Crippen LogP contribution < -0.4 is 10.3 Å². The highest BCUT2D eigenvalue weighted by atomic mass is 16.5. The molecule has 3 aromatic carbocycles. The van der Waals surface area contributed by atoms with Crippen LogP contribution in [-0.2, 0) is 0 Å². The van der Waals surface area contributed by atoms with E-state index in [-0.39, 0.29) is 11.3 Å². The lowest BCUT2D eigenvalue weighted by Gasteiger charge is -2.11. The number of aryl methyl sites for hydroxylation is 1. The van der Waals surface area contributed by atoms with Crippen molar-refractivity contribution < 1.29 is 9.84 Å². The van der Waals surface area contributed by atoms with E-state index in [1.165, 1.54) is 10.7 Å². The molecule has 150 valence electrons. The quantitative estimate of drug-likeness (QED) is 0.506. The van der Waals surface area contributed by atoms with E-state index in [4.69, 9.17) is 9.72 Å². The van der Waals surface area contributed by atoms with Gasteiger partial charge in [0.05, 0.1) is 23.7 Å². The van der Waals surface area contributed by atoms with Gasteiger partial charge in [0, 0.05) is 5.56 Å². The highest BCUT2D eigenvalue weighted by Gasteiger charge is 2.14. The summed E-state index contributed by atoms with van der Waals surface area (Å²) >= 11 is 0. The third-order valence-electron chi connectivity index (χ3n) is 4.75. The normalized spacial score (nSPS) is 11.3. The smallest absolute Gasteiger partial charge is 0.282 e. The second kappa shape index (κ2) is 8.21. The van der Waals surface area contributed by atoms with Gasteiger partial charge in [0.2, 0.25) is 0 Å². The summed E-state index contributed by atoms with van der Waals surface area (Å²) in [6, 6.07) is 19.9. The van der Waals surface area contributed by atoms with Crippen molar-refractivity contribution in [3.05, 3.63) is 88.2 Å². The molecule has 0 atom stereocenters. The van der Waals surface area contributed by atoms with Gasteiger partial charge >= 0.3 is 0 Å². The number of hydrogen-bond acceptors (Lipinski definition) is 5. The minimum Gasteiger partial charge on any atom is -0.504 e. The molecule has 4 aromatic rings. The van der Waals surface area contributed by atoms with Crippen LogP contribution in [0.4, 0.5) is 0 Å². The first kappa shape index (κ1) is 19.4. The van der Waals surface area contributed by atoms with Crippen molar-refractivity contribution in [3.8, 4) is 22.9 Å². The maximum atomic E-state index is 13.2. The van der Waals surface area contributed by atoms with Gasteiger partial charge in [-0.15, -0.1) is 0 Å². The lowest BCUT2D eigenvalue weighted by atomic mass is 10.1. The molecule has 30 heavy (non-hydrogen) atoms. The topological polar surface area (TPSA) is 76.7 Å². The zero-order valence-electron chi connectivity index (χ0n) is 16.7. The summed E-state index contributed by atoms with van der Waals surface area (Å²) in [5, 5.41) is 14.8. The number of nitrogens with zero attached hydrogens (tertiary/aromatic N) is 3. The van der Waals surface area contributed by atoms with Crippen LogP contribution >= 0.6 is 0 Å². The number of aromatic nitrogens is 2. The maximum absolute atomic E-state index is 13.2. The molecular weight excluding hydrogens is 378 g/mol. The highest BCUT2D eigenvalue weighted by molar-refractivity contribution is 5.83. The van der Waals surface area contributed by atoms with Crippen LogP contribution in [-0.4, -0.2) is 27.6 Å². The molecule has 0 saturated heterocycles. The van der Waals surface area contributed by atoms with Crippen molar-refractivity contribution in [3.63, 3.8) is 0 Å². The minimum atomic E-state index is -0.251. The molecule has 0 aliphatic rings. The molecule has 1 N–H and O–H groups in total. The van der Waals surface area contributed by atoms with Crippen LogP contribution in [0.1, 0.15) is 18.1 Å². The Bertz CT molecular complexity index is 1310. The van der Waals surface area contributed by atoms with E-state index in [0.29, 0.717) is 34.6 Å². The van der Waals surface area contributed by atoms with E-state index in [1.54, 1.807) is 30.5 Å². The first-order chi connectivity index (χ1) is 14.6. The van der Waals surface area contributed by atoms with Gasteiger partial charge in [0.15, 0.2) is 17.3 Å². The summed E-state index contributed by atoms with van der Waals surface area (Å²) in [4.78, 5) is 17.9. The van der Waals surface area contributed by atoms with Crippen molar-refractivity contribution in [2.24, 2.45) is 5.10 Å². The van der Waals surface area contributed by atoms with Crippen molar-refractivity contribution >= 4 is 17.1 Å². The molecule has 0 bridgehead atoms. The van der Waals surface area contributed by atoms with E-state index in [1.807, 2.05) is 50.2 Å². The Morgan fingerprint density at radius 2 is 1.87 bits per heavy atom. The van der Waals surface area contributed by atoms with Crippen LogP contribution in [0.15, 0.2) is 76.6 Å². The lowest BCUT2D eigenvalue weighted by Crippen LogP contribution is -2.20. The first-order valence-corrected chi connectivity index (χ1v) is 9.66. The van der Waals surface area contributed by atoms with Gasteiger partial charge in [-0.2, -0.15) is 9.78 Å². The number of ether oxygens (including phenoxy) is 1. The predicted molar refractivity (Wildman–Crippen MR) is 118 cm³/mol. The summed E-state index contributed by atoms with van der Waals surface area (Å²) in [5.74, 6) is 0.889. The number of hydrogen-bond donors (Lipinski definition) is 1. The zero-order valence-corrected chi connectivity index (χ0v) is 16.7. The number of fused-ring (bicyclic) bond motifs is 1. The predicted octanol–water partition coefficient (Wildman–Crippen LogP) is 4.36. The SMILES string of the molecule is CCOc1cc(C=Nn2c(-c3ccccc3C)nc3ccccc3c2=O)ccc1O. The fourth-order valence-corrected chi connectivity index (χ4v) is 3.24. The van der Waals surface area contributed by atoms with Gasteiger partial charge in [-0.3, -0.25) is 4.79 Å². The Morgan fingerprint density at radius 1 is 1.10 bits per heavy atom. The Kier molecular flexibility index (Phi) is 5.30. The molecule has 0 saturated carbocycles. The van der Waals surface area contributed by atoms with E-state index in [2.05, 4.69) is 5.10 Å². The van der Waals surface area contributed by atoms with E-state index in [9.17, 15) is 9.90 Å². The van der Waals surface area contributed by atoms with E-state index < -0.39 is 0 Å². The van der Waals surface area contributed by atoms with Crippen LogP contribution in [0.25, 0.3) is 22.3 Å². The van der Waals surface area contributed by atoms with Gasteiger partial charge in [0.25, 0.3) is 5.56 Å². The molecule has 0 spiro atoms. The summed E-state index contributed by atoms with van der Waals surface area (Å²) in [7, 11) is 0. The average molecular weight is 399 g/mol. The molecule has 0 fully saturated rings. The number of rotatable bonds is 5. The standard InChI is InChI=1S/C24H21N3O3/c1-3-30-22-14-17(12-13-21(22)28)15-25-27-23(18-9-5-4-8-16(18)2)26-20-11-7-6-10-19(20)24(27)29/h4-15,28H,3H2,1-2H3. The molecule has 1 aromatic heterocycles. The van der Waals surface area contributed by atoms with Gasteiger partial charge in [-0.1, -0.05) is 36.4 Å². The molecule has 0 unspecified atom stereocenters. The number of benzene rings is 3. The Labute approximate surface area is 173 Å². The number of para-hydroxylation sites is 1. The largest absolute Gasteiger partial charge is 0.504 e. The molecular formula is C24H21N3O3. The monoisotopic (exact) mass is 399 g/mol. The fourth-order valence-electron chi connectivity index (χ4n) is 3.24. The molecule has 0 amide bonds. The summed E-state index contributed by atoms with van der Waals surface area (Å²) < 4.78 is 6.74. The van der Waals surface area contributed by atoms with Crippen molar-refractivity contribution in [1.82, 2.24) is 9.66 Å². The molecule has 0 aliphatic carbocycles. The Hall–Kier alpha value is -3.93. The minimum absolute atomic E-state index is 0.0548. The third-order valence-corrected chi connectivity index (χ3v) is 4.75. The molecule has 6 nitrogen and oxygen atoms in total. The second-order valence-corrected chi connectivity index (χ2v) is 6.79. The molecule has 4 rings (SSSR count). The van der Waals surface area contributed by atoms with E-state index >= 15 is 0 Å². The number of phenolic OH excluding ortho intramolecular Hbond substituents is 1. The Balaban J connectivity index is 1.89. The van der Waals surface area contributed by atoms with Crippen LogP contribution in [0.3, 0.4) is 0 Å². The van der Waals surface area contributed by atoms with Gasteiger partial charge in [0.1, 0.15) is 0 Å². The summed E-state index contributed by atoms with van der Waals surface area (Å²) in [6.07, 6.45) is 1.56. The second-order valence-electron chi connectivity index (χ2n) is 6.79. The van der Waals surface area contributed by atoms with Gasteiger partial charge in [-0.05, 0) is 55.3 Å². The highest BCUT2D eigenvalue weighted by Crippen LogP contribution is 2.26. The van der Waals surface area contributed by atoms with Crippen LogP contribution in [0.2, 0.25) is 0 Å². The number of aromatic hydroxyl groups is 1. The van der Waals surface area contributed by atoms with Crippen LogP contribution in [0, 0.1) is 6.92 Å². The third kappa shape index (κ3) is 3.67. The molecule has 0 radical (unpaired) electrons. The zero-order chi connectivity index (χ0) is 21.1. The van der Waals surface area contributed by atoms with Crippen molar-refractivity contribution in [1.29, 1.82) is 0 Å². The van der Waals surface area contributed by atoms with Crippen molar-refractivity contribution in [2.75, 3.05) is 6.61 Å². The average Bonchev–Trinajstić information content (AvgIpc) is 2.76. The Morgan fingerprint density at radius 3 is 2.67 bits per heavy atom. The molecule has 0 aliphatic heterocycles. The van der Waals surface area contributed by atoms with E-state index in [0.717, 1.165) is 11.1 Å². The number of phenols is 1. The van der Waals surface area contributed by atoms with Crippen LogP contribution in [0.5, 0.6) is 11.5 Å². The van der Waals surface area contributed by atoms with Gasteiger partial charge < -0.3 is 9.84 Å². The lowest BCUT2D eigenvalue weighted by molar-refractivity contribution is 0.318. The van der Waals surface area contributed by atoms with Gasteiger partial charge in [-0.25, -0.2) is 4.98 Å². The summed E-state index contributed by atoms with van der Waals surface area (Å²) in [6.45, 7) is 4.24. The van der Waals surface area contributed by atoms with Crippen molar-refractivity contribution in [2.45, 2.75) is 13.8 Å². The molecule has 6 heteroatoms. The fraction of sp³-hybridized carbons (Fsp3) is 0.125. The summed E-state index contributed by atoms with van der Waals surface area (Å²) in [5.41, 5.74) is 2.88. The maximum Gasteiger partial charge on any atom is 0.282 e. The molecule has 1 heterocycles.